The third kappa shape index (κ3) is 3.50. The Bertz CT molecular complexity index is 268. The van der Waals surface area contributed by atoms with Crippen LogP contribution >= 0.6 is 11.3 Å². The number of carbonyl (C=O) groups excluding carboxylic acids is 1. The molecule has 14 heavy (non-hydrogen) atoms. The standard InChI is InChI=1S/C11H16O2S/c1-2-3-4-5-7-13-10-6-8-14-11(10)9-12/h6,8-9H,2-5,7H2,1H3. The average Bonchev–Trinajstić information content (AvgIpc) is 2.65. The predicted molar refractivity (Wildman–Crippen MR) is 59.3 cm³/mol. The summed E-state index contributed by atoms with van der Waals surface area (Å²) in [6.45, 7) is 2.90. The maximum absolute atomic E-state index is 10.6. The van der Waals surface area contributed by atoms with Crippen LogP contribution < -0.4 is 4.74 Å². The van der Waals surface area contributed by atoms with Gasteiger partial charge in [-0.25, -0.2) is 0 Å². The van der Waals surface area contributed by atoms with Gasteiger partial charge < -0.3 is 4.74 Å². The Labute approximate surface area is 88.9 Å². The van der Waals surface area contributed by atoms with Crippen LogP contribution in [0, 0.1) is 0 Å². The second-order valence-corrected chi connectivity index (χ2v) is 4.12. The van der Waals surface area contributed by atoms with Crippen LogP contribution in [0.25, 0.3) is 0 Å². The minimum absolute atomic E-state index is 0.695. The van der Waals surface area contributed by atoms with Gasteiger partial charge in [-0.15, -0.1) is 11.3 Å². The second-order valence-electron chi connectivity index (χ2n) is 3.18. The summed E-state index contributed by atoms with van der Waals surface area (Å²) in [5, 5.41) is 1.88. The van der Waals surface area contributed by atoms with E-state index in [1.807, 2.05) is 11.4 Å². The average molecular weight is 212 g/mol. The quantitative estimate of drug-likeness (QED) is 0.510. The third-order valence-electron chi connectivity index (χ3n) is 2.02. The third-order valence-corrected chi connectivity index (χ3v) is 2.84. The van der Waals surface area contributed by atoms with Crippen molar-refractivity contribution in [3.8, 4) is 5.75 Å². The number of unbranched alkanes of at least 4 members (excludes halogenated alkanes) is 3. The fourth-order valence-electron chi connectivity index (χ4n) is 1.23. The molecule has 0 amide bonds. The molecule has 3 heteroatoms. The Hall–Kier alpha value is -0.830. The van der Waals surface area contributed by atoms with Gasteiger partial charge in [0.15, 0.2) is 6.29 Å². The van der Waals surface area contributed by atoms with Crippen LogP contribution in [-0.4, -0.2) is 12.9 Å². The van der Waals surface area contributed by atoms with Crippen molar-refractivity contribution < 1.29 is 9.53 Å². The van der Waals surface area contributed by atoms with Gasteiger partial charge in [-0.3, -0.25) is 4.79 Å². The van der Waals surface area contributed by atoms with Crippen LogP contribution in [0.4, 0.5) is 0 Å². The highest BCUT2D eigenvalue weighted by molar-refractivity contribution is 7.12. The molecule has 0 saturated carbocycles. The lowest BCUT2D eigenvalue weighted by Gasteiger charge is -2.03. The lowest BCUT2D eigenvalue weighted by atomic mass is 10.2. The first-order chi connectivity index (χ1) is 6.88. The zero-order valence-corrected chi connectivity index (χ0v) is 9.31. The molecule has 78 valence electrons. The van der Waals surface area contributed by atoms with E-state index in [4.69, 9.17) is 4.74 Å². The molecule has 0 spiro atoms. The maximum Gasteiger partial charge on any atom is 0.163 e. The van der Waals surface area contributed by atoms with Crippen molar-refractivity contribution in [2.45, 2.75) is 32.6 Å². The number of rotatable bonds is 7. The molecule has 1 aromatic rings. The first-order valence-electron chi connectivity index (χ1n) is 5.04. The molecule has 0 N–H and O–H groups in total. The summed E-state index contributed by atoms with van der Waals surface area (Å²) in [6, 6.07) is 1.86. The molecule has 0 atom stereocenters. The van der Waals surface area contributed by atoms with Crippen molar-refractivity contribution in [1.29, 1.82) is 0 Å². The summed E-state index contributed by atoms with van der Waals surface area (Å²) in [4.78, 5) is 11.2. The van der Waals surface area contributed by atoms with Gasteiger partial charge in [0.1, 0.15) is 10.6 Å². The van der Waals surface area contributed by atoms with E-state index < -0.39 is 0 Å². The molecule has 0 bridgehead atoms. The Kier molecular flexibility index (Phi) is 5.30. The van der Waals surface area contributed by atoms with Crippen molar-refractivity contribution in [1.82, 2.24) is 0 Å². The first-order valence-corrected chi connectivity index (χ1v) is 5.92. The Morgan fingerprint density at radius 3 is 3.00 bits per heavy atom. The van der Waals surface area contributed by atoms with Gasteiger partial charge in [0.25, 0.3) is 0 Å². The molecule has 1 heterocycles. The SMILES string of the molecule is CCCCCCOc1ccsc1C=O. The van der Waals surface area contributed by atoms with Gasteiger partial charge in [0.05, 0.1) is 6.61 Å². The molecule has 0 aliphatic heterocycles. The van der Waals surface area contributed by atoms with E-state index in [0.29, 0.717) is 4.88 Å². The molecular weight excluding hydrogens is 196 g/mol. The van der Waals surface area contributed by atoms with E-state index in [9.17, 15) is 4.79 Å². The van der Waals surface area contributed by atoms with E-state index in [1.165, 1.54) is 30.6 Å². The van der Waals surface area contributed by atoms with Crippen molar-refractivity contribution in [2.24, 2.45) is 0 Å². The van der Waals surface area contributed by atoms with Gasteiger partial charge >= 0.3 is 0 Å². The van der Waals surface area contributed by atoms with Gasteiger partial charge in [-0.05, 0) is 17.9 Å². The zero-order valence-electron chi connectivity index (χ0n) is 8.49. The topological polar surface area (TPSA) is 26.3 Å². The Morgan fingerprint density at radius 2 is 2.29 bits per heavy atom. The molecule has 0 aromatic carbocycles. The van der Waals surface area contributed by atoms with Gasteiger partial charge in [-0.2, -0.15) is 0 Å². The van der Waals surface area contributed by atoms with Crippen LogP contribution in [-0.2, 0) is 0 Å². The number of carbonyl (C=O) groups is 1. The van der Waals surface area contributed by atoms with Crippen molar-refractivity contribution in [3.05, 3.63) is 16.3 Å². The molecule has 0 aliphatic carbocycles. The minimum atomic E-state index is 0.695. The lowest BCUT2D eigenvalue weighted by Crippen LogP contribution is -1.97. The van der Waals surface area contributed by atoms with Gasteiger partial charge in [-0.1, -0.05) is 26.2 Å². The molecule has 0 saturated heterocycles. The van der Waals surface area contributed by atoms with Crippen LogP contribution in [0.5, 0.6) is 5.75 Å². The largest absolute Gasteiger partial charge is 0.492 e. The highest BCUT2D eigenvalue weighted by Gasteiger charge is 2.02. The molecule has 0 aliphatic rings. The van der Waals surface area contributed by atoms with Crippen LogP contribution in [0.15, 0.2) is 11.4 Å². The van der Waals surface area contributed by atoms with Crippen molar-refractivity contribution >= 4 is 17.6 Å². The van der Waals surface area contributed by atoms with Crippen molar-refractivity contribution in [3.63, 3.8) is 0 Å². The van der Waals surface area contributed by atoms with Crippen molar-refractivity contribution in [2.75, 3.05) is 6.61 Å². The molecule has 0 unspecified atom stereocenters. The predicted octanol–water partition coefficient (Wildman–Crippen LogP) is 3.52. The normalized spacial score (nSPS) is 10.1. The highest BCUT2D eigenvalue weighted by atomic mass is 32.1. The molecular formula is C11H16O2S. The summed E-state index contributed by atoms with van der Waals surface area (Å²) >= 11 is 1.42. The fourth-order valence-corrected chi connectivity index (χ4v) is 1.86. The van der Waals surface area contributed by atoms with E-state index in [-0.39, 0.29) is 0 Å². The van der Waals surface area contributed by atoms with Crippen LogP contribution in [0.2, 0.25) is 0 Å². The smallest absolute Gasteiger partial charge is 0.163 e. The number of hydrogen-bond acceptors (Lipinski definition) is 3. The zero-order chi connectivity index (χ0) is 10.2. The lowest BCUT2D eigenvalue weighted by molar-refractivity contribution is 0.112. The number of hydrogen-bond donors (Lipinski definition) is 0. The summed E-state index contributed by atoms with van der Waals surface area (Å²) in [5.74, 6) is 0.737. The van der Waals surface area contributed by atoms with E-state index in [0.717, 1.165) is 25.1 Å². The first kappa shape index (κ1) is 11.2. The summed E-state index contributed by atoms with van der Waals surface area (Å²) in [7, 11) is 0. The second kappa shape index (κ2) is 6.60. The summed E-state index contributed by atoms with van der Waals surface area (Å²) < 4.78 is 5.49. The molecule has 1 aromatic heterocycles. The van der Waals surface area contributed by atoms with Gasteiger partial charge in [0.2, 0.25) is 0 Å². The summed E-state index contributed by atoms with van der Waals surface area (Å²) in [5.41, 5.74) is 0. The molecule has 2 nitrogen and oxygen atoms in total. The molecule has 0 radical (unpaired) electrons. The summed E-state index contributed by atoms with van der Waals surface area (Å²) in [6.07, 6.45) is 5.62. The van der Waals surface area contributed by atoms with Gasteiger partial charge in [0, 0.05) is 0 Å². The van der Waals surface area contributed by atoms with Crippen LogP contribution in [0.3, 0.4) is 0 Å². The van der Waals surface area contributed by atoms with E-state index >= 15 is 0 Å². The van der Waals surface area contributed by atoms with Crippen LogP contribution in [0.1, 0.15) is 42.3 Å². The number of aldehydes is 1. The Morgan fingerprint density at radius 1 is 1.43 bits per heavy atom. The van der Waals surface area contributed by atoms with E-state index in [1.54, 1.807) is 0 Å². The van der Waals surface area contributed by atoms with E-state index in [2.05, 4.69) is 6.92 Å². The maximum atomic E-state index is 10.6. The number of thiophene rings is 1. The molecule has 1 rings (SSSR count). The highest BCUT2D eigenvalue weighted by Crippen LogP contribution is 2.22. The Balaban J connectivity index is 2.21. The fraction of sp³-hybridized carbons (Fsp3) is 0.545. The molecule has 0 fully saturated rings. The monoisotopic (exact) mass is 212 g/mol. The minimum Gasteiger partial charge on any atom is -0.492 e. The number of ether oxygens (including phenoxy) is 1.